The Bertz CT molecular complexity index is 628. The van der Waals surface area contributed by atoms with Crippen LogP contribution in [0, 0.1) is 5.82 Å². The predicted molar refractivity (Wildman–Crippen MR) is 84.0 cm³/mol. The number of halogens is 1. The first-order valence-electron chi connectivity index (χ1n) is 7.84. The Morgan fingerprint density at radius 1 is 1.13 bits per heavy atom. The molecule has 5 nitrogen and oxygen atoms in total. The molecule has 1 aromatic carbocycles. The van der Waals surface area contributed by atoms with Crippen molar-refractivity contribution in [1.29, 1.82) is 0 Å². The molecule has 1 saturated heterocycles. The molecular weight excluding hydrogens is 297 g/mol. The van der Waals surface area contributed by atoms with Crippen molar-refractivity contribution >= 4 is 0 Å². The second-order valence-electron chi connectivity index (χ2n) is 5.64. The first-order valence-corrected chi connectivity index (χ1v) is 7.84. The Kier molecular flexibility index (Phi) is 5.15. The van der Waals surface area contributed by atoms with Gasteiger partial charge in [-0.3, -0.25) is 4.98 Å². The number of likely N-dealkylation sites (tertiary alicyclic amines) is 1. The van der Waals surface area contributed by atoms with Gasteiger partial charge in [-0.2, -0.15) is 0 Å². The third-order valence-electron chi connectivity index (χ3n) is 4.11. The van der Waals surface area contributed by atoms with Crippen molar-refractivity contribution in [2.75, 3.05) is 26.2 Å². The summed E-state index contributed by atoms with van der Waals surface area (Å²) in [6.45, 7) is 2.76. The second kappa shape index (κ2) is 7.48. The largest absolute Gasteiger partial charge is 0.437 e. The average molecular weight is 317 g/mol. The summed E-state index contributed by atoms with van der Waals surface area (Å²) in [5.74, 6) is 1.02. The van der Waals surface area contributed by atoms with Gasteiger partial charge in [0.05, 0.1) is 6.61 Å². The van der Waals surface area contributed by atoms with E-state index in [-0.39, 0.29) is 18.3 Å². The van der Waals surface area contributed by atoms with Gasteiger partial charge in [-0.15, -0.1) is 0 Å². The van der Waals surface area contributed by atoms with E-state index in [4.69, 9.17) is 9.84 Å². The van der Waals surface area contributed by atoms with Crippen LogP contribution in [0.2, 0.25) is 0 Å². The van der Waals surface area contributed by atoms with Gasteiger partial charge in [-0.05, 0) is 50.2 Å². The van der Waals surface area contributed by atoms with Gasteiger partial charge in [0.15, 0.2) is 0 Å². The lowest BCUT2D eigenvalue weighted by Gasteiger charge is -2.31. The topological polar surface area (TPSA) is 58.5 Å². The van der Waals surface area contributed by atoms with Crippen LogP contribution in [0.4, 0.5) is 4.39 Å². The molecule has 0 radical (unpaired) electrons. The first kappa shape index (κ1) is 15.8. The summed E-state index contributed by atoms with van der Waals surface area (Å²) in [4.78, 5) is 11.0. The molecule has 0 unspecified atom stereocenters. The van der Waals surface area contributed by atoms with Crippen LogP contribution in [-0.4, -0.2) is 46.2 Å². The van der Waals surface area contributed by atoms with E-state index >= 15 is 0 Å². The van der Waals surface area contributed by atoms with Crippen LogP contribution in [0.15, 0.2) is 36.7 Å². The fourth-order valence-corrected chi connectivity index (χ4v) is 2.88. The molecule has 2 heterocycles. The van der Waals surface area contributed by atoms with Crippen molar-refractivity contribution in [3.05, 3.63) is 48.2 Å². The standard InChI is InChI=1S/C17H20FN3O2/c18-14-1-3-15(4-2-14)23-17-16(19-7-8-20-17)13-5-9-21(10-6-13)11-12-22/h1-4,7-8,13,22H,5-6,9-12H2. The van der Waals surface area contributed by atoms with Crippen molar-refractivity contribution < 1.29 is 14.2 Å². The lowest BCUT2D eigenvalue weighted by molar-refractivity contribution is 0.163. The van der Waals surface area contributed by atoms with Crippen LogP contribution in [0.3, 0.4) is 0 Å². The third kappa shape index (κ3) is 4.03. The monoisotopic (exact) mass is 317 g/mol. The molecule has 0 amide bonds. The minimum absolute atomic E-state index is 0.189. The number of aliphatic hydroxyl groups is 1. The van der Waals surface area contributed by atoms with Crippen LogP contribution in [0.1, 0.15) is 24.5 Å². The fraction of sp³-hybridized carbons (Fsp3) is 0.412. The van der Waals surface area contributed by atoms with Crippen molar-refractivity contribution in [2.45, 2.75) is 18.8 Å². The lowest BCUT2D eigenvalue weighted by Crippen LogP contribution is -2.35. The number of rotatable bonds is 5. The smallest absolute Gasteiger partial charge is 0.241 e. The minimum atomic E-state index is -0.298. The molecule has 0 saturated carbocycles. The summed E-state index contributed by atoms with van der Waals surface area (Å²) >= 11 is 0. The molecule has 0 spiro atoms. The molecule has 0 atom stereocenters. The number of hydrogen-bond acceptors (Lipinski definition) is 5. The van der Waals surface area contributed by atoms with E-state index in [1.54, 1.807) is 24.5 Å². The molecule has 1 aromatic heterocycles. The zero-order valence-corrected chi connectivity index (χ0v) is 12.9. The second-order valence-corrected chi connectivity index (χ2v) is 5.64. The highest BCUT2D eigenvalue weighted by atomic mass is 19.1. The van der Waals surface area contributed by atoms with Crippen LogP contribution in [0.5, 0.6) is 11.6 Å². The van der Waals surface area contributed by atoms with Gasteiger partial charge in [0.25, 0.3) is 0 Å². The van der Waals surface area contributed by atoms with Gasteiger partial charge >= 0.3 is 0 Å². The summed E-state index contributed by atoms with van der Waals surface area (Å²) in [6, 6.07) is 5.88. The Hall–Kier alpha value is -2.05. The average Bonchev–Trinajstić information content (AvgIpc) is 2.59. The molecule has 1 fully saturated rings. The Morgan fingerprint density at radius 3 is 2.52 bits per heavy atom. The number of aliphatic hydroxyl groups excluding tert-OH is 1. The maximum absolute atomic E-state index is 13.0. The Labute approximate surface area is 134 Å². The molecule has 2 aromatic rings. The van der Waals surface area contributed by atoms with E-state index in [1.807, 2.05) is 0 Å². The summed E-state index contributed by atoms with van der Waals surface area (Å²) in [6.07, 6.45) is 5.19. The molecule has 1 aliphatic rings. The molecule has 0 aliphatic carbocycles. The number of ether oxygens (including phenoxy) is 1. The maximum Gasteiger partial charge on any atom is 0.241 e. The van der Waals surface area contributed by atoms with Gasteiger partial charge < -0.3 is 14.7 Å². The van der Waals surface area contributed by atoms with E-state index in [0.717, 1.165) is 31.6 Å². The quantitative estimate of drug-likeness (QED) is 0.918. The summed E-state index contributed by atoms with van der Waals surface area (Å²) in [5.41, 5.74) is 0.848. The molecule has 1 aliphatic heterocycles. The van der Waals surface area contributed by atoms with Crippen LogP contribution < -0.4 is 4.74 Å². The molecular formula is C17H20FN3O2. The number of β-amino-alcohol motifs (C(OH)–C–C–N with tert-alkyl or cyclic N) is 1. The zero-order chi connectivity index (χ0) is 16.1. The Balaban J connectivity index is 1.72. The van der Waals surface area contributed by atoms with E-state index in [0.29, 0.717) is 18.2 Å². The molecule has 6 heteroatoms. The first-order chi connectivity index (χ1) is 11.3. The fourth-order valence-electron chi connectivity index (χ4n) is 2.88. The minimum Gasteiger partial charge on any atom is -0.437 e. The zero-order valence-electron chi connectivity index (χ0n) is 12.9. The number of aromatic nitrogens is 2. The molecule has 3 rings (SSSR count). The van der Waals surface area contributed by atoms with E-state index in [2.05, 4.69) is 14.9 Å². The molecule has 1 N–H and O–H groups in total. The molecule has 122 valence electrons. The van der Waals surface area contributed by atoms with Gasteiger partial charge in [-0.1, -0.05) is 0 Å². The van der Waals surface area contributed by atoms with Gasteiger partial charge in [0.1, 0.15) is 17.3 Å². The highest BCUT2D eigenvalue weighted by molar-refractivity contribution is 5.31. The van der Waals surface area contributed by atoms with Crippen LogP contribution >= 0.6 is 0 Å². The van der Waals surface area contributed by atoms with E-state index < -0.39 is 0 Å². The van der Waals surface area contributed by atoms with E-state index in [9.17, 15) is 4.39 Å². The molecule has 0 bridgehead atoms. The summed E-state index contributed by atoms with van der Waals surface area (Å²) < 4.78 is 18.8. The van der Waals surface area contributed by atoms with Crippen molar-refractivity contribution in [1.82, 2.24) is 14.9 Å². The normalized spacial score (nSPS) is 16.4. The number of hydrogen-bond donors (Lipinski definition) is 1. The number of nitrogens with zero attached hydrogens (tertiary/aromatic N) is 3. The SMILES string of the molecule is OCCN1CCC(c2nccnc2Oc2ccc(F)cc2)CC1. The Morgan fingerprint density at radius 2 is 1.83 bits per heavy atom. The summed E-state index contributed by atoms with van der Waals surface area (Å²) in [5, 5.41) is 9.02. The van der Waals surface area contributed by atoms with Crippen molar-refractivity contribution in [3.8, 4) is 11.6 Å². The third-order valence-corrected chi connectivity index (χ3v) is 4.11. The maximum atomic E-state index is 13.0. The van der Waals surface area contributed by atoms with Crippen LogP contribution in [0.25, 0.3) is 0 Å². The number of benzene rings is 1. The highest BCUT2D eigenvalue weighted by Gasteiger charge is 2.24. The van der Waals surface area contributed by atoms with Gasteiger partial charge in [0, 0.05) is 24.9 Å². The van der Waals surface area contributed by atoms with Crippen LogP contribution in [-0.2, 0) is 0 Å². The van der Waals surface area contributed by atoms with E-state index in [1.165, 1.54) is 12.1 Å². The molecule has 23 heavy (non-hydrogen) atoms. The number of piperidine rings is 1. The van der Waals surface area contributed by atoms with Crippen molar-refractivity contribution in [2.24, 2.45) is 0 Å². The highest BCUT2D eigenvalue weighted by Crippen LogP contribution is 2.33. The summed E-state index contributed by atoms with van der Waals surface area (Å²) in [7, 11) is 0. The van der Waals surface area contributed by atoms with Crippen molar-refractivity contribution in [3.63, 3.8) is 0 Å². The van der Waals surface area contributed by atoms with Gasteiger partial charge in [0.2, 0.25) is 5.88 Å². The predicted octanol–water partition coefficient (Wildman–Crippen LogP) is 2.58. The lowest BCUT2D eigenvalue weighted by atomic mass is 9.93. The van der Waals surface area contributed by atoms with Gasteiger partial charge in [-0.25, -0.2) is 9.37 Å².